The summed E-state index contributed by atoms with van der Waals surface area (Å²) in [6.07, 6.45) is 1.40. The van der Waals surface area contributed by atoms with Crippen LogP contribution in [0.2, 0.25) is 0 Å². The third kappa shape index (κ3) is 3.03. The molecule has 0 aliphatic carbocycles. The van der Waals surface area contributed by atoms with Crippen molar-refractivity contribution < 1.29 is 14.3 Å². The first kappa shape index (κ1) is 13.4. The Bertz CT molecular complexity index is 558. The van der Waals surface area contributed by atoms with E-state index in [1.807, 2.05) is 44.2 Å². The second-order valence-corrected chi connectivity index (χ2v) is 4.91. The van der Waals surface area contributed by atoms with E-state index in [1.54, 1.807) is 0 Å². The minimum atomic E-state index is -0.969. The summed E-state index contributed by atoms with van der Waals surface area (Å²) in [4.78, 5) is 11.0. The lowest BCUT2D eigenvalue weighted by molar-refractivity contribution is 0.0694. The number of benzene rings is 1. The van der Waals surface area contributed by atoms with Crippen LogP contribution in [0.1, 0.15) is 35.5 Å². The number of carbonyl (C=O) groups is 1. The molecule has 1 heterocycles. The summed E-state index contributed by atoms with van der Waals surface area (Å²) in [7, 11) is 0. The number of carboxylic acids is 1. The summed E-state index contributed by atoms with van der Waals surface area (Å²) >= 11 is 0. The van der Waals surface area contributed by atoms with E-state index in [9.17, 15) is 4.79 Å². The second-order valence-electron chi connectivity index (χ2n) is 4.91. The Kier molecular flexibility index (Phi) is 3.71. The predicted octanol–water partition coefficient (Wildman–Crippen LogP) is 3.00. The lowest BCUT2D eigenvalue weighted by Gasteiger charge is -2.26. The van der Waals surface area contributed by atoms with E-state index in [-0.39, 0.29) is 11.1 Å². The molecule has 19 heavy (non-hydrogen) atoms. The number of furan rings is 1. The van der Waals surface area contributed by atoms with Crippen molar-refractivity contribution in [3.8, 4) is 0 Å². The van der Waals surface area contributed by atoms with Gasteiger partial charge in [-0.1, -0.05) is 30.3 Å². The third-order valence-electron chi connectivity index (χ3n) is 3.16. The largest absolute Gasteiger partial charge is 0.478 e. The Hall–Kier alpha value is -2.07. The third-order valence-corrected chi connectivity index (χ3v) is 3.16. The molecule has 2 N–H and O–H groups in total. The first-order valence-electron chi connectivity index (χ1n) is 6.11. The van der Waals surface area contributed by atoms with Gasteiger partial charge in [0, 0.05) is 5.54 Å². The number of carboxylic acid groups (broad SMARTS) is 1. The highest BCUT2D eigenvalue weighted by molar-refractivity contribution is 5.88. The Labute approximate surface area is 112 Å². The number of hydrogen-bond acceptors (Lipinski definition) is 3. The molecule has 1 aromatic carbocycles. The average molecular weight is 259 g/mol. The number of nitrogens with one attached hydrogen (secondary N) is 1. The standard InChI is InChI=1S/C15H17NO3/c1-15(2,11-6-4-3-5-7-11)16-10-13-12(14(17)18)8-9-19-13/h3-9,16H,10H2,1-2H3,(H,17,18). The van der Waals surface area contributed by atoms with Crippen molar-refractivity contribution in [2.24, 2.45) is 0 Å². The molecular formula is C15H17NO3. The molecule has 0 amide bonds. The van der Waals surface area contributed by atoms with E-state index in [1.165, 1.54) is 12.3 Å². The van der Waals surface area contributed by atoms with Gasteiger partial charge in [0.25, 0.3) is 0 Å². The minimum Gasteiger partial charge on any atom is -0.478 e. The SMILES string of the molecule is CC(C)(NCc1occc1C(=O)O)c1ccccc1. The van der Waals surface area contributed by atoms with Crippen molar-refractivity contribution in [3.63, 3.8) is 0 Å². The quantitative estimate of drug-likeness (QED) is 0.866. The highest BCUT2D eigenvalue weighted by Gasteiger charge is 2.21. The molecule has 0 aliphatic heterocycles. The van der Waals surface area contributed by atoms with Crippen LogP contribution < -0.4 is 5.32 Å². The van der Waals surface area contributed by atoms with Gasteiger partial charge in [-0.15, -0.1) is 0 Å². The van der Waals surface area contributed by atoms with E-state index < -0.39 is 5.97 Å². The van der Waals surface area contributed by atoms with Crippen molar-refractivity contribution in [1.82, 2.24) is 5.32 Å². The minimum absolute atomic E-state index is 0.205. The maximum atomic E-state index is 11.0. The first-order chi connectivity index (χ1) is 9.00. The first-order valence-corrected chi connectivity index (χ1v) is 6.11. The molecule has 0 saturated carbocycles. The van der Waals surface area contributed by atoms with Crippen LogP contribution in [0, 0.1) is 0 Å². The molecule has 2 aromatic rings. The van der Waals surface area contributed by atoms with Gasteiger partial charge in [-0.2, -0.15) is 0 Å². The molecule has 4 nitrogen and oxygen atoms in total. The van der Waals surface area contributed by atoms with Gasteiger partial charge in [0.15, 0.2) is 0 Å². The van der Waals surface area contributed by atoms with Gasteiger partial charge in [-0.3, -0.25) is 0 Å². The lowest BCUT2D eigenvalue weighted by atomic mass is 9.94. The number of hydrogen-bond donors (Lipinski definition) is 2. The van der Waals surface area contributed by atoms with Crippen LogP contribution in [0.5, 0.6) is 0 Å². The van der Waals surface area contributed by atoms with E-state index >= 15 is 0 Å². The second kappa shape index (κ2) is 5.28. The molecule has 100 valence electrons. The highest BCUT2D eigenvalue weighted by Crippen LogP contribution is 2.21. The summed E-state index contributed by atoms with van der Waals surface area (Å²) in [5.41, 5.74) is 1.08. The molecule has 0 bridgehead atoms. The molecule has 0 aliphatic rings. The molecular weight excluding hydrogens is 242 g/mol. The van der Waals surface area contributed by atoms with Crippen LogP contribution in [0.15, 0.2) is 47.1 Å². The van der Waals surface area contributed by atoms with Crippen LogP contribution in [0.4, 0.5) is 0 Å². The summed E-state index contributed by atoms with van der Waals surface area (Å²) in [5.74, 6) is -0.528. The fourth-order valence-electron chi connectivity index (χ4n) is 1.93. The Morgan fingerprint density at radius 1 is 1.26 bits per heavy atom. The van der Waals surface area contributed by atoms with Gasteiger partial charge in [-0.25, -0.2) is 4.79 Å². The molecule has 0 spiro atoms. The Morgan fingerprint density at radius 2 is 1.95 bits per heavy atom. The topological polar surface area (TPSA) is 62.5 Å². The summed E-state index contributed by atoms with van der Waals surface area (Å²) in [6.45, 7) is 4.47. The van der Waals surface area contributed by atoms with E-state index in [0.29, 0.717) is 12.3 Å². The van der Waals surface area contributed by atoms with E-state index in [0.717, 1.165) is 5.56 Å². The highest BCUT2D eigenvalue weighted by atomic mass is 16.4. The van der Waals surface area contributed by atoms with Gasteiger partial charge >= 0.3 is 5.97 Å². The van der Waals surface area contributed by atoms with Crippen LogP contribution in [-0.4, -0.2) is 11.1 Å². The zero-order valence-corrected chi connectivity index (χ0v) is 11.0. The van der Waals surface area contributed by atoms with E-state index in [2.05, 4.69) is 5.32 Å². The van der Waals surface area contributed by atoms with Crippen LogP contribution in [-0.2, 0) is 12.1 Å². The van der Waals surface area contributed by atoms with Crippen LogP contribution in [0.3, 0.4) is 0 Å². The van der Waals surface area contributed by atoms with Gasteiger partial charge < -0.3 is 14.8 Å². The van der Waals surface area contributed by atoms with Gasteiger partial charge in [-0.05, 0) is 25.5 Å². The van der Waals surface area contributed by atoms with Crippen LogP contribution in [0.25, 0.3) is 0 Å². The summed E-state index contributed by atoms with van der Waals surface area (Å²) < 4.78 is 5.21. The van der Waals surface area contributed by atoms with Crippen LogP contribution >= 0.6 is 0 Å². The summed E-state index contributed by atoms with van der Waals surface area (Å²) in [6, 6.07) is 11.5. The molecule has 2 rings (SSSR count). The maximum Gasteiger partial charge on any atom is 0.339 e. The number of aromatic carboxylic acids is 1. The summed E-state index contributed by atoms with van der Waals surface area (Å²) in [5, 5.41) is 12.3. The lowest BCUT2D eigenvalue weighted by Crippen LogP contribution is -2.36. The normalized spacial score (nSPS) is 11.5. The molecule has 0 saturated heterocycles. The zero-order valence-electron chi connectivity index (χ0n) is 11.0. The predicted molar refractivity (Wildman–Crippen MR) is 72.0 cm³/mol. The Balaban J connectivity index is 2.10. The van der Waals surface area contributed by atoms with Gasteiger partial charge in [0.05, 0.1) is 12.8 Å². The monoisotopic (exact) mass is 259 g/mol. The molecule has 0 atom stereocenters. The smallest absolute Gasteiger partial charge is 0.339 e. The molecule has 4 heteroatoms. The molecule has 1 aromatic heterocycles. The molecule has 0 unspecified atom stereocenters. The molecule has 0 radical (unpaired) electrons. The Morgan fingerprint density at radius 3 is 2.58 bits per heavy atom. The van der Waals surface area contributed by atoms with Crippen molar-refractivity contribution in [2.45, 2.75) is 25.9 Å². The molecule has 0 fully saturated rings. The maximum absolute atomic E-state index is 11.0. The van der Waals surface area contributed by atoms with Crippen molar-refractivity contribution in [3.05, 3.63) is 59.5 Å². The van der Waals surface area contributed by atoms with Crippen molar-refractivity contribution in [2.75, 3.05) is 0 Å². The number of rotatable bonds is 5. The van der Waals surface area contributed by atoms with Gasteiger partial charge in [0.2, 0.25) is 0 Å². The zero-order chi connectivity index (χ0) is 13.9. The van der Waals surface area contributed by atoms with Crippen molar-refractivity contribution >= 4 is 5.97 Å². The fraction of sp³-hybridized carbons (Fsp3) is 0.267. The van der Waals surface area contributed by atoms with Crippen molar-refractivity contribution in [1.29, 1.82) is 0 Å². The van der Waals surface area contributed by atoms with Gasteiger partial charge in [0.1, 0.15) is 11.3 Å². The fourth-order valence-corrected chi connectivity index (χ4v) is 1.93. The average Bonchev–Trinajstić information content (AvgIpc) is 2.86. The van der Waals surface area contributed by atoms with E-state index in [4.69, 9.17) is 9.52 Å².